The Labute approximate surface area is 147 Å². The minimum atomic E-state index is -2.37. The van der Waals surface area contributed by atoms with Gasteiger partial charge in [0, 0.05) is 9.49 Å². The van der Waals surface area contributed by atoms with E-state index in [0.717, 1.165) is 19.3 Å². The van der Waals surface area contributed by atoms with E-state index in [2.05, 4.69) is 83.1 Å². The first-order valence-corrected chi connectivity index (χ1v) is 10.7. The topological polar surface area (TPSA) is 29.4 Å². The summed E-state index contributed by atoms with van der Waals surface area (Å²) in [7, 11) is -2.37. The van der Waals surface area contributed by atoms with Crippen molar-refractivity contribution in [3.8, 4) is 0 Å². The van der Waals surface area contributed by atoms with Gasteiger partial charge in [0.05, 0.1) is 15.3 Å². The fourth-order valence-corrected chi connectivity index (χ4v) is 6.84. The van der Waals surface area contributed by atoms with E-state index in [1.165, 1.54) is 0 Å². The van der Waals surface area contributed by atoms with Gasteiger partial charge in [0.25, 0.3) is 0 Å². The van der Waals surface area contributed by atoms with Crippen LogP contribution in [0.25, 0.3) is 0 Å². The highest BCUT2D eigenvalue weighted by Gasteiger charge is 2.42. The van der Waals surface area contributed by atoms with Crippen LogP contribution < -0.4 is 0 Å². The third kappa shape index (κ3) is 5.21. The Balaban J connectivity index is 6.07. The summed E-state index contributed by atoms with van der Waals surface area (Å²) in [4.78, 5) is 0. The van der Waals surface area contributed by atoms with Crippen LogP contribution in [0.4, 0.5) is 0 Å². The normalized spacial score (nSPS) is 18.4. The summed E-state index contributed by atoms with van der Waals surface area (Å²) in [6, 6.07) is 0. The number of nitrogens with zero attached hydrogens (tertiary/aromatic N) is 1. The molecule has 3 heteroatoms. The zero-order chi connectivity index (χ0) is 18.9. The van der Waals surface area contributed by atoms with Crippen LogP contribution in [-0.4, -0.2) is 19.2 Å². The molecular formula is C20H43NOS. The zero-order valence-corrected chi connectivity index (χ0v) is 18.8. The molecule has 0 heterocycles. The second-order valence-electron chi connectivity index (χ2n) is 10.1. The maximum Gasteiger partial charge on any atom is 0.0652 e. The molecule has 0 amide bonds. The van der Waals surface area contributed by atoms with Crippen LogP contribution >= 0.6 is 0 Å². The minimum Gasteiger partial charge on any atom is -0.249 e. The average Bonchev–Trinajstić information content (AvgIpc) is 2.33. The fraction of sp³-hybridized carbons (Fsp3) is 1.00. The van der Waals surface area contributed by atoms with Crippen molar-refractivity contribution in [3.63, 3.8) is 0 Å². The smallest absolute Gasteiger partial charge is 0.0652 e. The van der Waals surface area contributed by atoms with Crippen molar-refractivity contribution in [2.75, 3.05) is 0 Å². The fourth-order valence-electron chi connectivity index (χ4n) is 3.51. The maximum atomic E-state index is 14.0. The molecule has 0 saturated carbocycles. The van der Waals surface area contributed by atoms with Gasteiger partial charge in [-0.15, -0.1) is 0 Å². The quantitative estimate of drug-likeness (QED) is 0.506. The van der Waals surface area contributed by atoms with Gasteiger partial charge in [-0.3, -0.25) is 0 Å². The summed E-state index contributed by atoms with van der Waals surface area (Å²) in [5, 5.41) is 0. The molecule has 23 heavy (non-hydrogen) atoms. The maximum absolute atomic E-state index is 14.0. The van der Waals surface area contributed by atoms with E-state index >= 15 is 0 Å². The molecule has 0 saturated heterocycles. The molecule has 2 nitrogen and oxygen atoms in total. The highest BCUT2D eigenvalue weighted by atomic mass is 32.2. The molecule has 0 aromatic carbocycles. The molecule has 0 aliphatic heterocycles. The van der Waals surface area contributed by atoms with Gasteiger partial charge in [0.2, 0.25) is 0 Å². The molecule has 0 aromatic heterocycles. The van der Waals surface area contributed by atoms with Gasteiger partial charge in [-0.05, 0) is 72.6 Å². The van der Waals surface area contributed by atoms with E-state index in [9.17, 15) is 4.21 Å². The Hall–Kier alpha value is -0.0500. The standard InChI is InChI=1S/C20H43NOS/c1-13-16(3)18(7,8)15-19(9,10)21-23(22,17(4,5)6)20(11,12)14-2/h16H,13-15H2,1-12H3. The van der Waals surface area contributed by atoms with Crippen molar-refractivity contribution >= 4 is 9.73 Å². The van der Waals surface area contributed by atoms with E-state index in [1.54, 1.807) is 0 Å². The van der Waals surface area contributed by atoms with Crippen LogP contribution in [0.2, 0.25) is 0 Å². The van der Waals surface area contributed by atoms with Crippen LogP contribution in [-0.2, 0) is 9.73 Å². The third-order valence-corrected chi connectivity index (χ3v) is 9.84. The summed E-state index contributed by atoms with van der Waals surface area (Å²) in [5.41, 5.74) is -0.0971. The molecule has 140 valence electrons. The van der Waals surface area contributed by atoms with Gasteiger partial charge in [-0.25, -0.2) is 8.57 Å². The molecular weight excluding hydrogens is 302 g/mol. The number of rotatable bonds is 7. The summed E-state index contributed by atoms with van der Waals surface area (Å²) >= 11 is 0. The highest BCUT2D eigenvalue weighted by molar-refractivity contribution is 7.96. The van der Waals surface area contributed by atoms with Crippen LogP contribution in [0.5, 0.6) is 0 Å². The minimum absolute atomic E-state index is 0.191. The third-order valence-electron chi connectivity index (χ3n) is 5.64. The van der Waals surface area contributed by atoms with Crippen molar-refractivity contribution in [1.82, 2.24) is 0 Å². The van der Waals surface area contributed by atoms with Gasteiger partial charge in [0.15, 0.2) is 0 Å². The van der Waals surface area contributed by atoms with Gasteiger partial charge in [-0.1, -0.05) is 41.0 Å². The lowest BCUT2D eigenvalue weighted by molar-refractivity contribution is 0.167. The molecule has 0 fully saturated rings. The van der Waals surface area contributed by atoms with Crippen LogP contribution in [0.15, 0.2) is 4.36 Å². The predicted molar refractivity (Wildman–Crippen MR) is 107 cm³/mol. The van der Waals surface area contributed by atoms with E-state index in [1.807, 2.05) is 0 Å². The Kier molecular flexibility index (Phi) is 7.04. The zero-order valence-electron chi connectivity index (χ0n) is 18.0. The summed E-state index contributed by atoms with van der Waals surface area (Å²) < 4.78 is 18.5. The lowest BCUT2D eigenvalue weighted by atomic mass is 9.71. The molecule has 2 unspecified atom stereocenters. The monoisotopic (exact) mass is 345 g/mol. The first-order chi connectivity index (χ1) is 9.96. The van der Waals surface area contributed by atoms with Crippen molar-refractivity contribution in [2.24, 2.45) is 15.7 Å². The molecule has 0 bridgehead atoms. The molecule has 0 aliphatic rings. The van der Waals surface area contributed by atoms with Crippen LogP contribution in [0, 0.1) is 11.3 Å². The number of hydrogen-bond acceptors (Lipinski definition) is 2. The summed E-state index contributed by atoms with van der Waals surface area (Å²) in [6.45, 7) is 26.1. The Bertz CT molecular complexity index is 500. The second-order valence-corrected chi connectivity index (χ2v) is 13.7. The van der Waals surface area contributed by atoms with Gasteiger partial charge in [0.1, 0.15) is 0 Å². The lowest BCUT2D eigenvalue weighted by Gasteiger charge is -2.42. The van der Waals surface area contributed by atoms with Crippen molar-refractivity contribution < 1.29 is 4.21 Å². The van der Waals surface area contributed by atoms with Crippen molar-refractivity contribution in [1.29, 1.82) is 0 Å². The summed E-state index contributed by atoms with van der Waals surface area (Å²) in [5.74, 6) is 0.627. The highest BCUT2D eigenvalue weighted by Crippen LogP contribution is 2.42. The van der Waals surface area contributed by atoms with E-state index in [0.29, 0.717) is 5.92 Å². The molecule has 0 aliphatic carbocycles. The van der Waals surface area contributed by atoms with Gasteiger partial charge in [-0.2, -0.15) is 0 Å². The second kappa shape index (κ2) is 7.06. The Morgan fingerprint density at radius 1 is 0.913 bits per heavy atom. The Morgan fingerprint density at radius 2 is 1.35 bits per heavy atom. The first-order valence-electron chi connectivity index (χ1n) is 9.23. The number of hydrogen-bond donors (Lipinski definition) is 0. The van der Waals surface area contributed by atoms with E-state index in [4.69, 9.17) is 4.36 Å². The van der Waals surface area contributed by atoms with Gasteiger partial charge >= 0.3 is 0 Å². The van der Waals surface area contributed by atoms with E-state index in [-0.39, 0.29) is 20.4 Å². The lowest BCUT2D eigenvalue weighted by Crippen LogP contribution is -2.45. The van der Waals surface area contributed by atoms with Crippen LogP contribution in [0.1, 0.15) is 102 Å². The molecule has 0 N–H and O–H groups in total. The molecule has 2 atom stereocenters. The van der Waals surface area contributed by atoms with Crippen molar-refractivity contribution in [3.05, 3.63) is 0 Å². The van der Waals surface area contributed by atoms with Crippen LogP contribution in [0.3, 0.4) is 0 Å². The predicted octanol–water partition coefficient (Wildman–Crippen LogP) is 6.68. The first kappa shape index (κ1) is 22.9. The van der Waals surface area contributed by atoms with E-state index < -0.39 is 9.73 Å². The average molecular weight is 346 g/mol. The summed E-state index contributed by atoms with van der Waals surface area (Å²) in [6.07, 6.45) is 3.00. The Morgan fingerprint density at radius 3 is 1.65 bits per heavy atom. The molecule has 0 radical (unpaired) electrons. The SMILES string of the molecule is CCC(C)C(C)(C)CC(C)(C)N=S(=O)(C(C)(C)C)C(C)(C)CC. The largest absolute Gasteiger partial charge is 0.249 e. The van der Waals surface area contributed by atoms with Crippen molar-refractivity contribution in [2.45, 2.75) is 117 Å². The molecule has 0 rings (SSSR count). The van der Waals surface area contributed by atoms with Gasteiger partial charge < -0.3 is 0 Å². The molecule has 0 aromatic rings. The molecule has 0 spiro atoms.